The number of benzene rings is 1. The van der Waals surface area contributed by atoms with Gasteiger partial charge in [0.05, 0.1) is 5.69 Å². The van der Waals surface area contributed by atoms with Crippen LogP contribution in [0.15, 0.2) is 22.7 Å². The molecule has 3 atom stereocenters. The zero-order chi connectivity index (χ0) is 14.0. The summed E-state index contributed by atoms with van der Waals surface area (Å²) in [5, 5.41) is 3.98. The predicted octanol–water partition coefficient (Wildman–Crippen LogP) is 4.06. The molecule has 0 aliphatic carbocycles. The minimum absolute atomic E-state index is 0.388. The van der Waals surface area contributed by atoms with E-state index >= 15 is 0 Å². The molecule has 4 heteroatoms. The Balaban J connectivity index is 2.25. The summed E-state index contributed by atoms with van der Waals surface area (Å²) in [6.45, 7) is 7.97. The van der Waals surface area contributed by atoms with Crippen molar-refractivity contribution in [2.75, 3.05) is 24.2 Å². The molecule has 2 nitrogen and oxygen atoms in total. The van der Waals surface area contributed by atoms with Crippen LogP contribution in [0, 0.1) is 0 Å². The van der Waals surface area contributed by atoms with E-state index < -0.39 is 0 Å². The van der Waals surface area contributed by atoms with Gasteiger partial charge in [-0.05, 0) is 54.5 Å². The molecule has 2 rings (SSSR count). The van der Waals surface area contributed by atoms with E-state index in [0.29, 0.717) is 17.3 Å². The van der Waals surface area contributed by atoms with Crippen molar-refractivity contribution in [3.05, 3.63) is 28.2 Å². The molecule has 1 aromatic carbocycles. The van der Waals surface area contributed by atoms with Gasteiger partial charge in [-0.3, -0.25) is 0 Å². The summed E-state index contributed by atoms with van der Waals surface area (Å²) in [5.74, 6) is 1.21. The Hall–Kier alpha value is -0.190. The fourth-order valence-electron chi connectivity index (χ4n) is 2.47. The second-order valence-corrected chi connectivity index (χ2v) is 7.57. The maximum atomic E-state index is 3.75. The van der Waals surface area contributed by atoms with Gasteiger partial charge in [0.2, 0.25) is 0 Å². The number of nitrogens with one attached hydrogen (secondary N) is 1. The fourth-order valence-corrected chi connectivity index (χ4v) is 4.19. The first kappa shape index (κ1) is 15.2. The highest BCUT2D eigenvalue weighted by atomic mass is 79.9. The predicted molar refractivity (Wildman–Crippen MR) is 90.3 cm³/mol. The van der Waals surface area contributed by atoms with Crippen LogP contribution in [0.4, 0.5) is 5.69 Å². The molecule has 0 amide bonds. The van der Waals surface area contributed by atoms with Crippen LogP contribution < -0.4 is 10.2 Å². The van der Waals surface area contributed by atoms with Crippen molar-refractivity contribution in [1.29, 1.82) is 0 Å². The molecule has 1 aliphatic rings. The molecule has 0 radical (unpaired) electrons. The topological polar surface area (TPSA) is 15.3 Å². The summed E-state index contributed by atoms with van der Waals surface area (Å²) >= 11 is 5.83. The molecule has 1 aliphatic heterocycles. The van der Waals surface area contributed by atoms with Crippen LogP contribution in [0.25, 0.3) is 0 Å². The van der Waals surface area contributed by atoms with E-state index in [1.54, 1.807) is 0 Å². The molecule has 1 saturated heterocycles. The van der Waals surface area contributed by atoms with Crippen LogP contribution in [0.5, 0.6) is 0 Å². The normalized spacial score (nSPS) is 25.4. The second-order valence-electron chi connectivity index (χ2n) is 5.23. The van der Waals surface area contributed by atoms with Crippen LogP contribution >= 0.6 is 27.7 Å². The fraction of sp³-hybridized carbons (Fsp3) is 0.600. The van der Waals surface area contributed by atoms with E-state index in [1.807, 2.05) is 7.05 Å². The average Bonchev–Trinajstić information content (AvgIpc) is 2.41. The highest BCUT2D eigenvalue weighted by Gasteiger charge is 2.26. The third-order valence-corrected chi connectivity index (χ3v) is 6.07. The van der Waals surface area contributed by atoms with Crippen LogP contribution in [0.3, 0.4) is 0 Å². The Kier molecular flexibility index (Phi) is 5.21. The van der Waals surface area contributed by atoms with E-state index in [4.69, 9.17) is 0 Å². The van der Waals surface area contributed by atoms with Crippen LogP contribution in [-0.2, 0) is 0 Å². The number of halogens is 1. The first-order valence-electron chi connectivity index (χ1n) is 6.89. The number of hydrogen-bond acceptors (Lipinski definition) is 3. The van der Waals surface area contributed by atoms with Gasteiger partial charge in [-0.1, -0.05) is 13.0 Å². The highest BCUT2D eigenvalue weighted by molar-refractivity contribution is 9.10. The number of rotatable bonds is 3. The number of thioether (sulfide) groups is 1. The van der Waals surface area contributed by atoms with E-state index in [9.17, 15) is 0 Å². The average molecular weight is 343 g/mol. The minimum Gasteiger partial charge on any atom is -0.366 e. The van der Waals surface area contributed by atoms with Gasteiger partial charge < -0.3 is 10.2 Å². The molecular weight excluding hydrogens is 320 g/mol. The number of nitrogens with zero attached hydrogens (tertiary/aromatic N) is 1. The zero-order valence-electron chi connectivity index (χ0n) is 12.1. The SMILES string of the molecule is CNC(C)c1ccc(N2CCSC(C)C2C)c(Br)c1. The lowest BCUT2D eigenvalue weighted by Crippen LogP contribution is -2.44. The first-order chi connectivity index (χ1) is 9.04. The van der Waals surface area contributed by atoms with Crippen molar-refractivity contribution < 1.29 is 0 Å². The summed E-state index contributed by atoms with van der Waals surface area (Å²) in [6, 6.07) is 7.71. The highest BCUT2D eigenvalue weighted by Crippen LogP contribution is 2.35. The number of hydrogen-bond donors (Lipinski definition) is 1. The summed E-state index contributed by atoms with van der Waals surface area (Å²) in [6.07, 6.45) is 0. The van der Waals surface area contributed by atoms with Gasteiger partial charge in [0, 0.05) is 34.1 Å². The zero-order valence-corrected chi connectivity index (χ0v) is 14.5. The minimum atomic E-state index is 0.388. The molecule has 1 aromatic rings. The van der Waals surface area contributed by atoms with Gasteiger partial charge in [0.25, 0.3) is 0 Å². The third kappa shape index (κ3) is 3.29. The van der Waals surface area contributed by atoms with Gasteiger partial charge in [0.15, 0.2) is 0 Å². The van der Waals surface area contributed by atoms with Crippen molar-refractivity contribution in [1.82, 2.24) is 5.32 Å². The maximum Gasteiger partial charge on any atom is 0.0513 e. The van der Waals surface area contributed by atoms with Gasteiger partial charge in [-0.2, -0.15) is 11.8 Å². The van der Waals surface area contributed by atoms with Crippen molar-refractivity contribution in [3.8, 4) is 0 Å². The van der Waals surface area contributed by atoms with E-state index in [1.165, 1.54) is 21.5 Å². The third-order valence-electron chi connectivity index (χ3n) is 4.10. The van der Waals surface area contributed by atoms with Crippen LogP contribution in [0.1, 0.15) is 32.4 Å². The molecule has 19 heavy (non-hydrogen) atoms. The van der Waals surface area contributed by atoms with Crippen LogP contribution in [0.2, 0.25) is 0 Å². The molecular formula is C15H23BrN2S. The number of anilines is 1. The van der Waals surface area contributed by atoms with Crippen molar-refractivity contribution >= 4 is 33.4 Å². The molecule has 106 valence electrons. The lowest BCUT2D eigenvalue weighted by molar-refractivity contribution is 0.624. The maximum absolute atomic E-state index is 3.75. The molecule has 0 spiro atoms. The van der Waals surface area contributed by atoms with E-state index in [0.717, 1.165) is 6.54 Å². The Labute approximate surface area is 129 Å². The molecule has 3 unspecified atom stereocenters. The first-order valence-corrected chi connectivity index (χ1v) is 8.73. The van der Waals surface area contributed by atoms with Crippen molar-refractivity contribution in [2.24, 2.45) is 0 Å². The quantitative estimate of drug-likeness (QED) is 0.891. The molecule has 1 fully saturated rings. The Bertz CT molecular complexity index is 438. The molecule has 0 saturated carbocycles. The second kappa shape index (κ2) is 6.51. The van der Waals surface area contributed by atoms with E-state index in [-0.39, 0.29) is 0 Å². The van der Waals surface area contributed by atoms with Crippen molar-refractivity contribution in [2.45, 2.75) is 38.1 Å². The summed E-state index contributed by atoms with van der Waals surface area (Å²) in [4.78, 5) is 2.53. The van der Waals surface area contributed by atoms with Crippen molar-refractivity contribution in [3.63, 3.8) is 0 Å². The van der Waals surface area contributed by atoms with Gasteiger partial charge in [-0.15, -0.1) is 0 Å². The molecule has 1 heterocycles. The monoisotopic (exact) mass is 342 g/mol. The smallest absolute Gasteiger partial charge is 0.0513 e. The van der Waals surface area contributed by atoms with Gasteiger partial charge in [-0.25, -0.2) is 0 Å². The summed E-state index contributed by atoms with van der Waals surface area (Å²) < 4.78 is 1.21. The Morgan fingerprint density at radius 2 is 2.16 bits per heavy atom. The van der Waals surface area contributed by atoms with Gasteiger partial charge >= 0.3 is 0 Å². The van der Waals surface area contributed by atoms with E-state index in [2.05, 4.69) is 76.9 Å². The molecule has 1 N–H and O–H groups in total. The Morgan fingerprint density at radius 1 is 1.42 bits per heavy atom. The largest absolute Gasteiger partial charge is 0.366 e. The molecule has 0 aromatic heterocycles. The Morgan fingerprint density at radius 3 is 2.79 bits per heavy atom. The lowest BCUT2D eigenvalue weighted by Gasteiger charge is -2.39. The summed E-state index contributed by atoms with van der Waals surface area (Å²) in [5.41, 5.74) is 2.65. The standard InChI is InChI=1S/C15H23BrN2S/c1-10(17-4)13-5-6-15(14(16)9-13)18-7-8-19-12(3)11(18)2/h5-6,9-12,17H,7-8H2,1-4H3. The molecule has 0 bridgehead atoms. The van der Waals surface area contributed by atoms with Crippen LogP contribution in [-0.4, -0.2) is 30.6 Å². The lowest BCUT2D eigenvalue weighted by atomic mass is 10.1. The van der Waals surface area contributed by atoms with Gasteiger partial charge in [0.1, 0.15) is 0 Å². The summed E-state index contributed by atoms with van der Waals surface area (Å²) in [7, 11) is 2.00.